The van der Waals surface area contributed by atoms with E-state index in [2.05, 4.69) is 10.6 Å². The number of hydrogen-bond donors (Lipinski definition) is 2. The summed E-state index contributed by atoms with van der Waals surface area (Å²) in [5.41, 5.74) is 1.22. The highest BCUT2D eigenvalue weighted by Crippen LogP contribution is 2.11. The van der Waals surface area contributed by atoms with Crippen LogP contribution in [0, 0.1) is 6.92 Å². The van der Waals surface area contributed by atoms with Crippen LogP contribution in [0.4, 0.5) is 4.79 Å². The van der Waals surface area contributed by atoms with Gasteiger partial charge in [-0.25, -0.2) is 4.79 Å². The predicted molar refractivity (Wildman–Crippen MR) is 73.0 cm³/mol. The van der Waals surface area contributed by atoms with Gasteiger partial charge in [0, 0.05) is 13.1 Å². The van der Waals surface area contributed by atoms with Crippen LogP contribution in [0.2, 0.25) is 0 Å². The van der Waals surface area contributed by atoms with Crippen molar-refractivity contribution in [2.45, 2.75) is 26.7 Å². The van der Waals surface area contributed by atoms with E-state index < -0.39 is 0 Å². The van der Waals surface area contributed by atoms with Gasteiger partial charge in [0.1, 0.15) is 5.75 Å². The van der Waals surface area contributed by atoms with Gasteiger partial charge in [-0.05, 0) is 31.9 Å². The van der Waals surface area contributed by atoms with Crippen LogP contribution in [0.15, 0.2) is 24.3 Å². The van der Waals surface area contributed by atoms with Crippen molar-refractivity contribution >= 4 is 6.03 Å². The van der Waals surface area contributed by atoms with Crippen molar-refractivity contribution < 1.29 is 9.53 Å². The third kappa shape index (κ3) is 6.13. The van der Waals surface area contributed by atoms with E-state index in [4.69, 9.17) is 4.74 Å². The molecule has 0 unspecified atom stereocenters. The van der Waals surface area contributed by atoms with Crippen LogP contribution in [0.1, 0.15) is 25.3 Å². The molecule has 0 saturated carbocycles. The zero-order valence-electron chi connectivity index (χ0n) is 11.2. The Bertz CT molecular complexity index is 349. The topological polar surface area (TPSA) is 50.4 Å². The van der Waals surface area contributed by atoms with Crippen LogP contribution >= 0.6 is 0 Å². The zero-order chi connectivity index (χ0) is 13.2. The van der Waals surface area contributed by atoms with Gasteiger partial charge in [0.15, 0.2) is 0 Å². The summed E-state index contributed by atoms with van der Waals surface area (Å²) in [6.07, 6.45) is 1.75. The maximum atomic E-state index is 11.2. The first-order valence-corrected chi connectivity index (χ1v) is 6.43. The molecule has 4 heteroatoms. The van der Waals surface area contributed by atoms with Crippen LogP contribution in [0.5, 0.6) is 5.75 Å². The Morgan fingerprint density at radius 2 is 1.83 bits per heavy atom. The first-order chi connectivity index (χ1) is 8.72. The lowest BCUT2D eigenvalue weighted by atomic mass is 10.2. The van der Waals surface area contributed by atoms with Gasteiger partial charge in [-0.15, -0.1) is 0 Å². The normalized spacial score (nSPS) is 9.89. The van der Waals surface area contributed by atoms with Crippen molar-refractivity contribution in [3.05, 3.63) is 29.8 Å². The van der Waals surface area contributed by atoms with Crippen LogP contribution < -0.4 is 15.4 Å². The fourth-order valence-electron chi connectivity index (χ4n) is 1.40. The van der Waals surface area contributed by atoms with E-state index in [-0.39, 0.29) is 6.03 Å². The minimum absolute atomic E-state index is 0.104. The van der Waals surface area contributed by atoms with E-state index >= 15 is 0 Å². The minimum atomic E-state index is -0.104. The summed E-state index contributed by atoms with van der Waals surface area (Å²) in [4.78, 5) is 11.2. The van der Waals surface area contributed by atoms with Gasteiger partial charge in [-0.1, -0.05) is 24.6 Å². The summed E-state index contributed by atoms with van der Waals surface area (Å²) in [6.45, 7) is 6.02. The maximum Gasteiger partial charge on any atom is 0.314 e. The van der Waals surface area contributed by atoms with Crippen molar-refractivity contribution in [1.29, 1.82) is 0 Å². The largest absolute Gasteiger partial charge is 0.494 e. The molecule has 0 fully saturated rings. The van der Waals surface area contributed by atoms with Gasteiger partial charge in [-0.2, -0.15) is 0 Å². The highest BCUT2D eigenvalue weighted by atomic mass is 16.5. The Morgan fingerprint density at radius 3 is 2.50 bits per heavy atom. The monoisotopic (exact) mass is 250 g/mol. The van der Waals surface area contributed by atoms with Gasteiger partial charge in [0.2, 0.25) is 0 Å². The summed E-state index contributed by atoms with van der Waals surface area (Å²) in [6, 6.07) is 7.84. The number of carbonyl (C=O) groups excluding carboxylic acids is 1. The third-order valence-electron chi connectivity index (χ3n) is 2.43. The summed E-state index contributed by atoms with van der Waals surface area (Å²) in [5, 5.41) is 5.54. The summed E-state index contributed by atoms with van der Waals surface area (Å²) in [7, 11) is 0. The van der Waals surface area contributed by atoms with Crippen molar-refractivity contribution in [2.75, 3.05) is 19.7 Å². The van der Waals surface area contributed by atoms with E-state index in [1.165, 1.54) is 5.56 Å². The van der Waals surface area contributed by atoms with Crippen LogP contribution in [0.3, 0.4) is 0 Å². The highest BCUT2D eigenvalue weighted by Gasteiger charge is 1.97. The van der Waals surface area contributed by atoms with E-state index in [0.29, 0.717) is 19.7 Å². The molecule has 100 valence electrons. The molecular weight excluding hydrogens is 228 g/mol. The molecule has 0 bridgehead atoms. The first kappa shape index (κ1) is 14.4. The molecular formula is C14H22N2O2. The Balaban J connectivity index is 2.05. The van der Waals surface area contributed by atoms with Gasteiger partial charge < -0.3 is 15.4 Å². The molecule has 0 aliphatic carbocycles. The van der Waals surface area contributed by atoms with E-state index in [9.17, 15) is 4.79 Å². The summed E-state index contributed by atoms with van der Waals surface area (Å²) >= 11 is 0. The van der Waals surface area contributed by atoms with E-state index in [1.807, 2.05) is 38.1 Å². The lowest BCUT2D eigenvalue weighted by Gasteiger charge is -2.08. The van der Waals surface area contributed by atoms with Crippen LogP contribution in [-0.4, -0.2) is 25.7 Å². The van der Waals surface area contributed by atoms with Crippen LogP contribution in [-0.2, 0) is 0 Å². The molecule has 1 rings (SSSR count). The van der Waals surface area contributed by atoms with Gasteiger partial charge in [-0.3, -0.25) is 0 Å². The van der Waals surface area contributed by atoms with E-state index in [0.717, 1.165) is 18.6 Å². The average Bonchev–Trinajstić information content (AvgIpc) is 2.38. The summed E-state index contributed by atoms with van der Waals surface area (Å²) in [5.74, 6) is 0.871. The number of ether oxygens (including phenoxy) is 1. The third-order valence-corrected chi connectivity index (χ3v) is 2.43. The van der Waals surface area contributed by atoms with Crippen LogP contribution in [0.25, 0.3) is 0 Å². The summed E-state index contributed by atoms with van der Waals surface area (Å²) < 4.78 is 5.55. The van der Waals surface area contributed by atoms with Crippen molar-refractivity contribution in [3.63, 3.8) is 0 Å². The van der Waals surface area contributed by atoms with Gasteiger partial charge >= 0.3 is 6.03 Å². The number of aryl methyl sites for hydroxylation is 1. The Hall–Kier alpha value is -1.71. The second kappa shape index (κ2) is 8.39. The van der Waals surface area contributed by atoms with Gasteiger partial charge in [0.05, 0.1) is 6.61 Å². The highest BCUT2D eigenvalue weighted by molar-refractivity contribution is 5.73. The number of amides is 2. The second-order valence-electron chi connectivity index (χ2n) is 4.20. The molecule has 1 aromatic rings. The molecule has 2 amide bonds. The molecule has 0 aromatic heterocycles. The molecule has 0 saturated heterocycles. The smallest absolute Gasteiger partial charge is 0.314 e. The Kier molecular flexibility index (Phi) is 6.69. The second-order valence-corrected chi connectivity index (χ2v) is 4.20. The molecule has 0 spiro atoms. The number of urea groups is 1. The lowest BCUT2D eigenvalue weighted by Crippen LogP contribution is -2.36. The minimum Gasteiger partial charge on any atom is -0.494 e. The predicted octanol–water partition coefficient (Wildman–Crippen LogP) is 2.47. The molecule has 0 aliphatic rings. The number of hydrogen-bond acceptors (Lipinski definition) is 2. The van der Waals surface area contributed by atoms with Crippen molar-refractivity contribution in [3.8, 4) is 5.75 Å². The zero-order valence-corrected chi connectivity index (χ0v) is 11.2. The molecule has 0 radical (unpaired) electrons. The SMILES string of the molecule is CCCNC(=O)NCCCOc1ccc(C)cc1. The molecule has 2 N–H and O–H groups in total. The maximum absolute atomic E-state index is 11.2. The number of carbonyl (C=O) groups is 1. The fourth-order valence-corrected chi connectivity index (χ4v) is 1.40. The Morgan fingerprint density at radius 1 is 1.17 bits per heavy atom. The number of nitrogens with one attached hydrogen (secondary N) is 2. The Labute approximate surface area is 109 Å². The van der Waals surface area contributed by atoms with Gasteiger partial charge in [0.25, 0.3) is 0 Å². The molecule has 4 nitrogen and oxygen atoms in total. The molecule has 1 aromatic carbocycles. The molecule has 0 atom stereocenters. The van der Waals surface area contributed by atoms with E-state index in [1.54, 1.807) is 0 Å². The van der Waals surface area contributed by atoms with Crippen molar-refractivity contribution in [2.24, 2.45) is 0 Å². The fraction of sp³-hybridized carbons (Fsp3) is 0.500. The quantitative estimate of drug-likeness (QED) is 0.730. The first-order valence-electron chi connectivity index (χ1n) is 6.43. The van der Waals surface area contributed by atoms with Crippen molar-refractivity contribution in [1.82, 2.24) is 10.6 Å². The standard InChI is InChI=1S/C14H22N2O2/c1-3-9-15-14(17)16-10-4-11-18-13-7-5-12(2)6-8-13/h5-8H,3-4,9-11H2,1-2H3,(H2,15,16,17). The average molecular weight is 250 g/mol. The lowest BCUT2D eigenvalue weighted by molar-refractivity contribution is 0.239. The molecule has 18 heavy (non-hydrogen) atoms. The number of benzene rings is 1. The molecule has 0 aliphatic heterocycles. The molecule has 0 heterocycles. The number of rotatable bonds is 7.